The van der Waals surface area contributed by atoms with Crippen LogP contribution in [0.25, 0.3) is 16.5 Å². The molecule has 136 valence electrons. The molecule has 1 aromatic heterocycles. The highest BCUT2D eigenvalue weighted by Crippen LogP contribution is 2.27. The van der Waals surface area contributed by atoms with E-state index in [2.05, 4.69) is 16.4 Å². The minimum absolute atomic E-state index is 0.0208. The van der Waals surface area contributed by atoms with E-state index in [1.54, 1.807) is 30.3 Å². The van der Waals surface area contributed by atoms with E-state index in [4.69, 9.17) is 0 Å². The van der Waals surface area contributed by atoms with Crippen LogP contribution in [0.2, 0.25) is 0 Å². The monoisotopic (exact) mass is 362 g/mol. The predicted molar refractivity (Wildman–Crippen MR) is 104 cm³/mol. The molecule has 0 saturated heterocycles. The third kappa shape index (κ3) is 3.53. The molecular formula is C22H19FN2O2. The highest BCUT2D eigenvalue weighted by Gasteiger charge is 2.20. The molecule has 2 N–H and O–H groups in total. The summed E-state index contributed by atoms with van der Waals surface area (Å²) in [6, 6.07) is 13.6. The summed E-state index contributed by atoms with van der Waals surface area (Å²) in [6.07, 6.45) is 5.81. The van der Waals surface area contributed by atoms with Gasteiger partial charge in [-0.2, -0.15) is 0 Å². The normalized spacial score (nSPS) is 16.8. The van der Waals surface area contributed by atoms with E-state index >= 15 is 0 Å². The molecule has 1 amide bonds. The lowest BCUT2D eigenvalue weighted by molar-refractivity contribution is 0.0933. The summed E-state index contributed by atoms with van der Waals surface area (Å²) in [5.41, 5.74) is 2.74. The number of halogens is 1. The van der Waals surface area contributed by atoms with Crippen LogP contribution in [-0.2, 0) is 0 Å². The second-order valence-electron chi connectivity index (χ2n) is 6.76. The van der Waals surface area contributed by atoms with Gasteiger partial charge in [0.05, 0.1) is 0 Å². The van der Waals surface area contributed by atoms with E-state index in [-0.39, 0.29) is 28.8 Å². The number of aromatic amines is 1. The van der Waals surface area contributed by atoms with E-state index in [1.807, 2.05) is 6.07 Å². The van der Waals surface area contributed by atoms with Gasteiger partial charge in [0.15, 0.2) is 0 Å². The van der Waals surface area contributed by atoms with Crippen molar-refractivity contribution in [2.75, 3.05) is 0 Å². The molecule has 5 heteroatoms. The van der Waals surface area contributed by atoms with Gasteiger partial charge >= 0.3 is 0 Å². The van der Waals surface area contributed by atoms with Crippen molar-refractivity contribution < 1.29 is 9.18 Å². The van der Waals surface area contributed by atoms with Crippen molar-refractivity contribution in [3.63, 3.8) is 0 Å². The van der Waals surface area contributed by atoms with Crippen molar-refractivity contribution in [1.82, 2.24) is 10.3 Å². The Morgan fingerprint density at radius 1 is 1.11 bits per heavy atom. The second-order valence-corrected chi connectivity index (χ2v) is 6.76. The SMILES string of the molecule is O=C(N[C@@H]1CC=C(c2ccc(F)cc2)CC1)c1c[nH]c2ccccc2c1=O. The van der Waals surface area contributed by atoms with Gasteiger partial charge in [-0.25, -0.2) is 4.39 Å². The maximum absolute atomic E-state index is 13.1. The number of pyridine rings is 1. The van der Waals surface area contributed by atoms with Crippen LogP contribution >= 0.6 is 0 Å². The Morgan fingerprint density at radius 3 is 2.63 bits per heavy atom. The number of rotatable bonds is 3. The smallest absolute Gasteiger partial charge is 0.256 e. The van der Waals surface area contributed by atoms with Gasteiger partial charge in [-0.1, -0.05) is 30.3 Å². The van der Waals surface area contributed by atoms with Gasteiger partial charge < -0.3 is 10.3 Å². The topological polar surface area (TPSA) is 62.0 Å². The quantitative estimate of drug-likeness (QED) is 0.739. The van der Waals surface area contributed by atoms with Gasteiger partial charge in [0, 0.05) is 23.1 Å². The number of carbonyl (C=O) groups is 1. The maximum atomic E-state index is 13.1. The summed E-state index contributed by atoms with van der Waals surface area (Å²) in [7, 11) is 0. The van der Waals surface area contributed by atoms with Crippen molar-refractivity contribution in [2.24, 2.45) is 0 Å². The molecule has 4 nitrogen and oxygen atoms in total. The Hall–Kier alpha value is -3.21. The molecule has 1 atom stereocenters. The van der Waals surface area contributed by atoms with E-state index in [0.717, 1.165) is 24.0 Å². The molecule has 2 aromatic carbocycles. The third-order valence-corrected chi connectivity index (χ3v) is 4.99. The fraction of sp³-hybridized carbons (Fsp3) is 0.182. The van der Waals surface area contributed by atoms with E-state index < -0.39 is 0 Å². The molecule has 0 radical (unpaired) electrons. The minimum atomic E-state index is -0.356. The molecule has 0 bridgehead atoms. The number of benzene rings is 2. The van der Waals surface area contributed by atoms with Crippen LogP contribution in [0.3, 0.4) is 0 Å². The van der Waals surface area contributed by atoms with Crippen molar-refractivity contribution in [2.45, 2.75) is 25.3 Å². The Balaban J connectivity index is 1.47. The van der Waals surface area contributed by atoms with E-state index in [1.165, 1.54) is 18.3 Å². The van der Waals surface area contributed by atoms with Crippen molar-refractivity contribution in [3.05, 3.63) is 88.0 Å². The summed E-state index contributed by atoms with van der Waals surface area (Å²) in [5, 5.41) is 3.47. The van der Waals surface area contributed by atoms with Crippen LogP contribution in [0, 0.1) is 5.82 Å². The molecule has 0 saturated carbocycles. The van der Waals surface area contributed by atoms with Crippen molar-refractivity contribution >= 4 is 22.4 Å². The molecule has 0 unspecified atom stereocenters. The Kier molecular flexibility index (Phi) is 4.59. The molecule has 4 rings (SSSR count). The van der Waals surface area contributed by atoms with Crippen LogP contribution in [-0.4, -0.2) is 16.9 Å². The lowest BCUT2D eigenvalue weighted by Crippen LogP contribution is -2.38. The van der Waals surface area contributed by atoms with Crippen LogP contribution in [0.5, 0.6) is 0 Å². The first kappa shape index (κ1) is 17.2. The molecule has 1 heterocycles. The minimum Gasteiger partial charge on any atom is -0.360 e. The molecule has 1 aliphatic rings. The number of para-hydroxylation sites is 1. The van der Waals surface area contributed by atoms with Gasteiger partial charge in [-0.05, 0) is 54.7 Å². The van der Waals surface area contributed by atoms with Crippen LogP contribution in [0.1, 0.15) is 35.2 Å². The average Bonchev–Trinajstić information content (AvgIpc) is 2.70. The summed E-state index contributed by atoms with van der Waals surface area (Å²) in [6.45, 7) is 0. The number of fused-ring (bicyclic) bond motifs is 1. The second kappa shape index (κ2) is 7.19. The fourth-order valence-corrected chi connectivity index (χ4v) is 3.49. The lowest BCUT2D eigenvalue weighted by atomic mass is 9.90. The highest BCUT2D eigenvalue weighted by molar-refractivity contribution is 5.97. The van der Waals surface area contributed by atoms with Crippen LogP contribution in [0.15, 0.2) is 65.6 Å². The number of nitrogens with one attached hydrogen (secondary N) is 2. The van der Waals surface area contributed by atoms with E-state index in [0.29, 0.717) is 17.3 Å². The van der Waals surface area contributed by atoms with Crippen molar-refractivity contribution in [3.8, 4) is 0 Å². The molecule has 0 fully saturated rings. The van der Waals surface area contributed by atoms with Gasteiger partial charge in [0.1, 0.15) is 11.4 Å². The first-order valence-electron chi connectivity index (χ1n) is 8.98. The number of H-pyrrole nitrogens is 1. The zero-order valence-electron chi connectivity index (χ0n) is 14.7. The van der Waals surface area contributed by atoms with Gasteiger partial charge in [0.25, 0.3) is 5.91 Å². The number of carbonyl (C=O) groups excluding carboxylic acids is 1. The molecular weight excluding hydrogens is 343 g/mol. The third-order valence-electron chi connectivity index (χ3n) is 4.99. The summed E-state index contributed by atoms with van der Waals surface area (Å²) in [4.78, 5) is 28.1. The number of aromatic nitrogens is 1. The average molecular weight is 362 g/mol. The predicted octanol–water partition coefficient (Wildman–Crippen LogP) is 4.03. The first-order chi connectivity index (χ1) is 13.1. The zero-order valence-corrected chi connectivity index (χ0v) is 14.7. The lowest BCUT2D eigenvalue weighted by Gasteiger charge is -2.23. The van der Waals surface area contributed by atoms with Crippen LogP contribution < -0.4 is 10.7 Å². The summed E-state index contributed by atoms with van der Waals surface area (Å²) < 4.78 is 13.1. The summed E-state index contributed by atoms with van der Waals surface area (Å²) in [5.74, 6) is -0.605. The maximum Gasteiger partial charge on any atom is 0.256 e. The largest absolute Gasteiger partial charge is 0.360 e. The number of hydrogen-bond donors (Lipinski definition) is 2. The number of allylic oxidation sites excluding steroid dienone is 1. The standard InChI is InChI=1S/C22H19FN2O2/c23-16-9-5-14(6-10-16)15-7-11-17(12-8-15)25-22(27)19-13-24-20-4-2-1-3-18(20)21(19)26/h1-7,9-10,13,17H,8,11-12H2,(H,24,26)(H,25,27)/t17-/m1/s1. The molecule has 0 aliphatic heterocycles. The van der Waals surface area contributed by atoms with Crippen LogP contribution in [0.4, 0.5) is 4.39 Å². The van der Waals surface area contributed by atoms with Gasteiger partial charge in [-0.3, -0.25) is 9.59 Å². The highest BCUT2D eigenvalue weighted by atomic mass is 19.1. The molecule has 27 heavy (non-hydrogen) atoms. The van der Waals surface area contributed by atoms with Crippen molar-refractivity contribution in [1.29, 1.82) is 0 Å². The molecule has 3 aromatic rings. The van der Waals surface area contributed by atoms with Gasteiger partial charge in [0.2, 0.25) is 5.43 Å². The van der Waals surface area contributed by atoms with E-state index in [9.17, 15) is 14.0 Å². The number of hydrogen-bond acceptors (Lipinski definition) is 2. The number of amides is 1. The first-order valence-corrected chi connectivity index (χ1v) is 8.98. The Morgan fingerprint density at radius 2 is 1.89 bits per heavy atom. The fourth-order valence-electron chi connectivity index (χ4n) is 3.49. The molecule has 0 spiro atoms. The van der Waals surface area contributed by atoms with Gasteiger partial charge in [-0.15, -0.1) is 0 Å². The summed E-state index contributed by atoms with van der Waals surface area (Å²) >= 11 is 0. The zero-order chi connectivity index (χ0) is 18.8. The Bertz CT molecular complexity index is 1080. The Labute approximate surface area is 155 Å². The molecule has 1 aliphatic carbocycles.